The minimum Gasteiger partial charge on any atom is -0.467 e. The molecule has 1 rings (SSSR count). The van der Waals surface area contributed by atoms with Crippen molar-refractivity contribution in [3.8, 4) is 0 Å². The van der Waals surface area contributed by atoms with E-state index in [1.54, 1.807) is 0 Å². The normalized spacial score (nSPS) is 12.1. The van der Waals surface area contributed by atoms with Crippen LogP contribution in [0.2, 0.25) is 0 Å². The molecule has 0 fully saturated rings. The van der Waals surface area contributed by atoms with Crippen LogP contribution in [0.1, 0.15) is 30.5 Å². The number of anilines is 1. The van der Waals surface area contributed by atoms with Crippen molar-refractivity contribution in [1.29, 1.82) is 0 Å². The Hall–Kier alpha value is -1.51. The lowest BCUT2D eigenvalue weighted by atomic mass is 10.0. The first kappa shape index (κ1) is 13.6. The third kappa shape index (κ3) is 3.22. The van der Waals surface area contributed by atoms with Gasteiger partial charge in [-0.3, -0.25) is 0 Å². The number of ether oxygens (including phenoxy) is 1. The molecule has 0 amide bonds. The number of hydrogen-bond acceptors (Lipinski definition) is 3. The molecule has 1 N–H and O–H groups in total. The number of aryl methyl sites for hydroxylation is 3. The van der Waals surface area contributed by atoms with E-state index in [0.717, 1.165) is 17.7 Å². The molecule has 0 bridgehead atoms. The molecule has 3 nitrogen and oxygen atoms in total. The topological polar surface area (TPSA) is 38.3 Å². The van der Waals surface area contributed by atoms with Crippen molar-refractivity contribution in [1.82, 2.24) is 0 Å². The van der Waals surface area contributed by atoms with Gasteiger partial charge < -0.3 is 10.1 Å². The fourth-order valence-electron chi connectivity index (χ4n) is 1.99. The lowest BCUT2D eigenvalue weighted by molar-refractivity contribution is -0.141. The molecule has 1 aromatic rings. The maximum Gasteiger partial charge on any atom is 0.327 e. The van der Waals surface area contributed by atoms with Crippen molar-refractivity contribution >= 4 is 11.7 Å². The number of methoxy groups -OCH3 is 1. The lowest BCUT2D eigenvalue weighted by Crippen LogP contribution is -2.28. The van der Waals surface area contributed by atoms with Crippen LogP contribution in [0.15, 0.2) is 12.1 Å². The largest absolute Gasteiger partial charge is 0.467 e. The molecule has 0 aliphatic carbocycles. The van der Waals surface area contributed by atoms with Gasteiger partial charge in [0.25, 0.3) is 0 Å². The number of esters is 1. The molecule has 0 unspecified atom stereocenters. The summed E-state index contributed by atoms with van der Waals surface area (Å²) in [4.78, 5) is 11.4. The van der Waals surface area contributed by atoms with Crippen LogP contribution >= 0.6 is 0 Å². The van der Waals surface area contributed by atoms with Crippen LogP contribution in [0, 0.1) is 13.8 Å². The van der Waals surface area contributed by atoms with Gasteiger partial charge in [-0.05, 0) is 38.3 Å². The summed E-state index contributed by atoms with van der Waals surface area (Å²) in [7, 11) is 1.41. The Balaban J connectivity index is 3.01. The highest BCUT2D eigenvalue weighted by atomic mass is 16.5. The minimum absolute atomic E-state index is 0.243. The molecule has 0 aliphatic heterocycles. The second-order valence-electron chi connectivity index (χ2n) is 4.36. The third-order valence-corrected chi connectivity index (χ3v) is 2.86. The van der Waals surface area contributed by atoms with Crippen molar-refractivity contribution in [3.05, 3.63) is 28.8 Å². The number of carbonyl (C=O) groups excluding carboxylic acids is 1. The molecular formula is C14H21NO2. The monoisotopic (exact) mass is 235 g/mol. The van der Waals surface area contributed by atoms with Crippen LogP contribution in [-0.4, -0.2) is 19.1 Å². The Morgan fingerprint density at radius 2 is 2.06 bits per heavy atom. The number of hydrogen-bond donors (Lipinski definition) is 1. The molecule has 0 radical (unpaired) electrons. The van der Waals surface area contributed by atoms with Crippen LogP contribution in [0.25, 0.3) is 0 Å². The summed E-state index contributed by atoms with van der Waals surface area (Å²) in [5.74, 6) is -0.243. The van der Waals surface area contributed by atoms with E-state index in [4.69, 9.17) is 4.74 Å². The summed E-state index contributed by atoms with van der Waals surface area (Å²) < 4.78 is 4.72. The van der Waals surface area contributed by atoms with E-state index in [9.17, 15) is 4.79 Å². The Morgan fingerprint density at radius 3 is 2.59 bits per heavy atom. The second kappa shape index (κ2) is 5.71. The van der Waals surface area contributed by atoms with E-state index in [2.05, 4.69) is 38.2 Å². The van der Waals surface area contributed by atoms with Gasteiger partial charge in [-0.1, -0.05) is 24.6 Å². The third-order valence-electron chi connectivity index (χ3n) is 2.86. The number of rotatable bonds is 4. The van der Waals surface area contributed by atoms with Crippen LogP contribution in [-0.2, 0) is 16.0 Å². The van der Waals surface area contributed by atoms with Crippen molar-refractivity contribution in [2.45, 2.75) is 40.2 Å². The van der Waals surface area contributed by atoms with Crippen molar-refractivity contribution in [3.63, 3.8) is 0 Å². The van der Waals surface area contributed by atoms with Gasteiger partial charge >= 0.3 is 5.97 Å². The van der Waals surface area contributed by atoms with Crippen LogP contribution in [0.3, 0.4) is 0 Å². The average molecular weight is 235 g/mol. The fraction of sp³-hybridized carbons (Fsp3) is 0.500. The Bertz CT molecular complexity index is 413. The van der Waals surface area contributed by atoms with E-state index >= 15 is 0 Å². The summed E-state index contributed by atoms with van der Waals surface area (Å²) in [6.45, 7) is 8.06. The van der Waals surface area contributed by atoms with E-state index in [0.29, 0.717) is 0 Å². The molecule has 1 aromatic carbocycles. The molecule has 0 spiro atoms. The molecule has 1 atom stereocenters. The van der Waals surface area contributed by atoms with Gasteiger partial charge in [-0.15, -0.1) is 0 Å². The van der Waals surface area contributed by atoms with Gasteiger partial charge in [0.2, 0.25) is 0 Å². The molecule has 0 aromatic heterocycles. The minimum atomic E-state index is -0.327. The highest BCUT2D eigenvalue weighted by Gasteiger charge is 2.15. The summed E-state index contributed by atoms with van der Waals surface area (Å²) in [5, 5.41) is 3.23. The molecule has 0 saturated carbocycles. The van der Waals surface area contributed by atoms with Gasteiger partial charge in [-0.2, -0.15) is 0 Å². The molecule has 0 saturated heterocycles. The number of nitrogens with one attached hydrogen (secondary N) is 1. The van der Waals surface area contributed by atoms with E-state index in [1.807, 2.05) is 6.92 Å². The predicted molar refractivity (Wildman–Crippen MR) is 70.4 cm³/mol. The highest BCUT2D eigenvalue weighted by Crippen LogP contribution is 2.24. The first-order valence-corrected chi connectivity index (χ1v) is 5.94. The standard InChI is InChI=1S/C14H21NO2/c1-6-12-8-9(2)7-10(3)13(12)15-11(4)14(16)17-5/h7-8,11,15H,6H2,1-5H3/t11-/m0/s1. The van der Waals surface area contributed by atoms with Gasteiger partial charge in [0, 0.05) is 5.69 Å². The lowest BCUT2D eigenvalue weighted by Gasteiger charge is -2.19. The zero-order valence-electron chi connectivity index (χ0n) is 11.3. The van der Waals surface area contributed by atoms with Crippen LogP contribution in [0.5, 0.6) is 0 Å². The average Bonchev–Trinajstić information content (AvgIpc) is 2.30. The summed E-state index contributed by atoms with van der Waals surface area (Å²) in [5.41, 5.74) is 4.70. The smallest absolute Gasteiger partial charge is 0.327 e. The quantitative estimate of drug-likeness (QED) is 0.815. The summed E-state index contributed by atoms with van der Waals surface area (Å²) in [6.07, 6.45) is 0.943. The van der Waals surface area contributed by atoms with Crippen molar-refractivity contribution in [2.75, 3.05) is 12.4 Å². The van der Waals surface area contributed by atoms with E-state index < -0.39 is 0 Å². The van der Waals surface area contributed by atoms with Crippen molar-refractivity contribution in [2.24, 2.45) is 0 Å². The molecule has 0 heterocycles. The first-order chi connectivity index (χ1) is 7.99. The summed E-state index contributed by atoms with van der Waals surface area (Å²) in [6, 6.07) is 3.94. The Morgan fingerprint density at radius 1 is 1.41 bits per heavy atom. The second-order valence-corrected chi connectivity index (χ2v) is 4.36. The number of benzene rings is 1. The molecular weight excluding hydrogens is 214 g/mol. The molecule has 94 valence electrons. The van der Waals surface area contributed by atoms with Gasteiger partial charge in [-0.25, -0.2) is 4.79 Å². The van der Waals surface area contributed by atoms with Gasteiger partial charge in [0.15, 0.2) is 0 Å². The van der Waals surface area contributed by atoms with Gasteiger partial charge in [0.05, 0.1) is 7.11 Å². The highest BCUT2D eigenvalue weighted by molar-refractivity contribution is 5.79. The maximum absolute atomic E-state index is 11.4. The Kier molecular flexibility index (Phi) is 4.55. The summed E-state index contributed by atoms with van der Waals surface area (Å²) >= 11 is 0. The van der Waals surface area contributed by atoms with E-state index in [-0.39, 0.29) is 12.0 Å². The molecule has 0 aliphatic rings. The first-order valence-electron chi connectivity index (χ1n) is 5.94. The zero-order chi connectivity index (χ0) is 13.0. The zero-order valence-corrected chi connectivity index (χ0v) is 11.3. The molecule has 17 heavy (non-hydrogen) atoms. The molecule has 3 heteroatoms. The fourth-order valence-corrected chi connectivity index (χ4v) is 1.99. The van der Waals surface area contributed by atoms with E-state index in [1.165, 1.54) is 18.2 Å². The number of carbonyl (C=O) groups is 1. The van der Waals surface area contributed by atoms with Crippen molar-refractivity contribution < 1.29 is 9.53 Å². The predicted octanol–water partition coefficient (Wildman–Crippen LogP) is 2.84. The van der Waals surface area contributed by atoms with Crippen LogP contribution < -0.4 is 5.32 Å². The maximum atomic E-state index is 11.4. The SMILES string of the molecule is CCc1cc(C)cc(C)c1N[C@@H](C)C(=O)OC. The van der Waals surface area contributed by atoms with Crippen LogP contribution in [0.4, 0.5) is 5.69 Å². The van der Waals surface area contributed by atoms with Gasteiger partial charge in [0.1, 0.15) is 6.04 Å². The Labute approximate surface area is 103 Å².